The lowest BCUT2D eigenvalue weighted by Gasteiger charge is -2.25. The van der Waals surface area contributed by atoms with E-state index in [9.17, 15) is 4.79 Å². The quantitative estimate of drug-likeness (QED) is 0.366. The number of hydrogen-bond donors (Lipinski definition) is 1. The molecule has 0 bridgehead atoms. The van der Waals surface area contributed by atoms with Gasteiger partial charge in [-0.05, 0) is 20.8 Å². The molecule has 0 atom stereocenters. The first-order chi connectivity index (χ1) is 11.7. The highest BCUT2D eigenvalue weighted by Gasteiger charge is 2.22. The number of carbonyl (C=O) groups is 1. The van der Waals surface area contributed by atoms with Crippen molar-refractivity contribution in [3.63, 3.8) is 0 Å². The van der Waals surface area contributed by atoms with Gasteiger partial charge in [0, 0.05) is 32.1 Å². The van der Waals surface area contributed by atoms with Crippen LogP contribution in [0, 0.1) is 0 Å². The van der Waals surface area contributed by atoms with Crippen LogP contribution < -0.4 is 5.32 Å². The normalized spacial score (nSPS) is 11.7. The second-order valence-corrected chi connectivity index (χ2v) is 6.86. The van der Waals surface area contributed by atoms with Crippen molar-refractivity contribution < 1.29 is 9.32 Å². The van der Waals surface area contributed by atoms with E-state index in [4.69, 9.17) is 4.52 Å². The molecule has 0 saturated heterocycles. The minimum atomic E-state index is -0.188. The second-order valence-electron chi connectivity index (χ2n) is 6.86. The molecule has 0 unspecified atom stereocenters. The second kappa shape index (κ2) is 11.3. The van der Waals surface area contributed by atoms with Crippen LogP contribution >= 0.6 is 24.0 Å². The number of nitrogens with one attached hydrogen (secondary N) is 1. The van der Waals surface area contributed by atoms with E-state index in [1.807, 2.05) is 53.5 Å². The first kappa shape index (κ1) is 24.6. The van der Waals surface area contributed by atoms with Gasteiger partial charge in [0.25, 0.3) is 0 Å². The molecule has 0 radical (unpaired) electrons. The molecule has 0 spiro atoms. The number of halogens is 1. The summed E-state index contributed by atoms with van der Waals surface area (Å²) < 4.78 is 5.28. The zero-order chi connectivity index (χ0) is 19.0. The summed E-state index contributed by atoms with van der Waals surface area (Å²) in [5.41, 5.74) is -0.188. The highest BCUT2D eigenvalue weighted by atomic mass is 127. The molecule has 1 aromatic rings. The lowest BCUT2D eigenvalue weighted by Crippen LogP contribution is -2.45. The van der Waals surface area contributed by atoms with Crippen LogP contribution in [0.25, 0.3) is 0 Å². The first-order valence-electron chi connectivity index (χ1n) is 8.83. The van der Waals surface area contributed by atoms with Gasteiger partial charge in [-0.15, -0.1) is 24.0 Å². The van der Waals surface area contributed by atoms with Gasteiger partial charge in [0.15, 0.2) is 11.8 Å². The predicted octanol–water partition coefficient (Wildman–Crippen LogP) is 2.25. The Morgan fingerprint density at radius 2 is 1.85 bits per heavy atom. The van der Waals surface area contributed by atoms with Crippen LogP contribution in [0.4, 0.5) is 0 Å². The highest BCUT2D eigenvalue weighted by Crippen LogP contribution is 2.19. The maximum Gasteiger partial charge on any atom is 0.242 e. The maximum atomic E-state index is 12.3. The Kier molecular flexibility index (Phi) is 10.7. The minimum absolute atomic E-state index is 0. The van der Waals surface area contributed by atoms with Crippen molar-refractivity contribution in [2.24, 2.45) is 4.99 Å². The van der Waals surface area contributed by atoms with E-state index in [1.54, 1.807) is 4.90 Å². The number of hydrogen-bond acceptors (Lipinski definition) is 5. The van der Waals surface area contributed by atoms with Gasteiger partial charge in [-0.3, -0.25) is 4.79 Å². The molecule has 1 amide bonds. The number of guanidine groups is 1. The topological polar surface area (TPSA) is 86.9 Å². The molecule has 0 aromatic carbocycles. The molecule has 150 valence electrons. The Morgan fingerprint density at radius 3 is 2.31 bits per heavy atom. The summed E-state index contributed by atoms with van der Waals surface area (Å²) in [5.74, 6) is 1.84. The molecule has 1 aromatic heterocycles. The predicted molar refractivity (Wildman–Crippen MR) is 114 cm³/mol. The van der Waals surface area contributed by atoms with Gasteiger partial charge in [-0.25, -0.2) is 4.99 Å². The average Bonchev–Trinajstić information content (AvgIpc) is 3.01. The molecule has 1 heterocycles. The van der Waals surface area contributed by atoms with Crippen LogP contribution in [0.5, 0.6) is 0 Å². The first-order valence-corrected chi connectivity index (χ1v) is 8.83. The third kappa shape index (κ3) is 7.46. The Labute approximate surface area is 173 Å². The minimum Gasteiger partial charge on any atom is -0.357 e. The van der Waals surface area contributed by atoms with E-state index in [1.165, 1.54) is 0 Å². The monoisotopic (exact) mass is 480 g/mol. The van der Waals surface area contributed by atoms with E-state index in [0.717, 1.165) is 0 Å². The van der Waals surface area contributed by atoms with E-state index in [2.05, 4.69) is 20.4 Å². The van der Waals surface area contributed by atoms with E-state index >= 15 is 0 Å². The zero-order valence-corrected chi connectivity index (χ0v) is 19.3. The Morgan fingerprint density at radius 1 is 1.23 bits per heavy atom. The van der Waals surface area contributed by atoms with Crippen molar-refractivity contribution in [1.29, 1.82) is 0 Å². The number of aliphatic imine (C=N–C) groups is 1. The maximum absolute atomic E-state index is 12.3. The van der Waals surface area contributed by atoms with Crippen molar-refractivity contribution in [3.8, 4) is 0 Å². The lowest BCUT2D eigenvalue weighted by molar-refractivity contribution is -0.131. The van der Waals surface area contributed by atoms with Crippen LogP contribution in [0.1, 0.15) is 53.3 Å². The summed E-state index contributed by atoms with van der Waals surface area (Å²) in [6.07, 6.45) is 0. The molecule has 0 aliphatic rings. The summed E-state index contributed by atoms with van der Waals surface area (Å²) >= 11 is 0. The Hall–Kier alpha value is -1.39. The van der Waals surface area contributed by atoms with Crippen molar-refractivity contribution in [2.75, 3.05) is 33.2 Å². The van der Waals surface area contributed by atoms with E-state index < -0.39 is 0 Å². The largest absolute Gasteiger partial charge is 0.357 e. The summed E-state index contributed by atoms with van der Waals surface area (Å²) in [7, 11) is 1.85. The van der Waals surface area contributed by atoms with Crippen molar-refractivity contribution in [2.45, 2.75) is 53.5 Å². The number of nitrogens with zero attached hydrogens (tertiary/aromatic N) is 5. The summed E-state index contributed by atoms with van der Waals surface area (Å²) in [5, 5.41) is 7.16. The van der Waals surface area contributed by atoms with Gasteiger partial charge in [0.1, 0.15) is 6.54 Å². The molecule has 9 heteroatoms. The fourth-order valence-corrected chi connectivity index (χ4v) is 2.19. The zero-order valence-electron chi connectivity index (χ0n) is 17.0. The molecule has 0 aliphatic heterocycles. The smallest absolute Gasteiger partial charge is 0.242 e. The number of likely N-dealkylation sites (N-methyl/N-ethyl adjacent to an activating group) is 2. The van der Waals surface area contributed by atoms with Crippen LogP contribution in [0.15, 0.2) is 9.52 Å². The molecule has 0 aliphatic carbocycles. The molecule has 1 rings (SSSR count). The number of aromatic nitrogens is 2. The van der Waals surface area contributed by atoms with Gasteiger partial charge < -0.3 is 19.6 Å². The number of rotatable bonds is 7. The number of carbonyl (C=O) groups excluding carboxylic acids is 1. The van der Waals surface area contributed by atoms with Crippen LogP contribution in [-0.4, -0.2) is 65.0 Å². The van der Waals surface area contributed by atoms with Crippen molar-refractivity contribution in [3.05, 3.63) is 11.7 Å². The lowest BCUT2D eigenvalue weighted by atomic mass is 9.97. The van der Waals surface area contributed by atoms with Crippen LogP contribution in [0.2, 0.25) is 0 Å². The molecule has 0 fully saturated rings. The van der Waals surface area contributed by atoms with Gasteiger partial charge >= 0.3 is 0 Å². The van der Waals surface area contributed by atoms with E-state index in [0.29, 0.717) is 43.9 Å². The Balaban J connectivity index is 0.00000625. The van der Waals surface area contributed by atoms with Gasteiger partial charge in [-0.2, -0.15) is 4.98 Å². The van der Waals surface area contributed by atoms with E-state index in [-0.39, 0.29) is 41.8 Å². The molecular weight excluding hydrogens is 447 g/mol. The van der Waals surface area contributed by atoms with Crippen molar-refractivity contribution >= 4 is 35.8 Å². The van der Waals surface area contributed by atoms with Crippen molar-refractivity contribution in [1.82, 2.24) is 25.3 Å². The third-order valence-corrected chi connectivity index (χ3v) is 3.66. The molecule has 1 N–H and O–H groups in total. The van der Waals surface area contributed by atoms with Crippen LogP contribution in [0.3, 0.4) is 0 Å². The SMILES string of the molecule is CCNC(=NCc1noc(C(C)(C)C)n1)N(C)CC(=O)N(CC)CC.I. The Bertz CT molecular complexity index is 578. The van der Waals surface area contributed by atoms with Gasteiger partial charge in [0.05, 0.1) is 6.54 Å². The molecular formula is C17H33IN6O2. The van der Waals surface area contributed by atoms with Gasteiger partial charge in [0.2, 0.25) is 11.8 Å². The molecule has 8 nitrogen and oxygen atoms in total. The number of amides is 1. The third-order valence-electron chi connectivity index (χ3n) is 3.66. The summed E-state index contributed by atoms with van der Waals surface area (Å²) in [6.45, 7) is 14.7. The standard InChI is InChI=1S/C17H32N6O2.HI/c1-8-18-16(22(7)12-14(24)23(9-2)10-3)19-11-13-20-15(25-21-13)17(4,5)6;/h8-12H2,1-7H3,(H,18,19);1H. The molecule has 0 saturated carbocycles. The fraction of sp³-hybridized carbons (Fsp3) is 0.765. The summed E-state index contributed by atoms with van der Waals surface area (Å²) in [4.78, 5) is 24.8. The molecule has 26 heavy (non-hydrogen) atoms. The van der Waals surface area contributed by atoms with Gasteiger partial charge in [-0.1, -0.05) is 25.9 Å². The average molecular weight is 480 g/mol. The highest BCUT2D eigenvalue weighted by molar-refractivity contribution is 14.0. The summed E-state index contributed by atoms with van der Waals surface area (Å²) in [6, 6.07) is 0. The fourth-order valence-electron chi connectivity index (χ4n) is 2.19. The van der Waals surface area contributed by atoms with Crippen LogP contribution in [-0.2, 0) is 16.8 Å².